The molecule has 1 aromatic rings. The highest BCUT2D eigenvalue weighted by Crippen LogP contribution is 2.29. The van der Waals surface area contributed by atoms with Crippen molar-refractivity contribution >= 4 is 17.3 Å². The highest BCUT2D eigenvalue weighted by Gasteiger charge is 2.20. The van der Waals surface area contributed by atoms with Gasteiger partial charge in [-0.15, -0.1) is 0 Å². The number of carboxylic acid groups (broad SMARTS) is 1. The lowest BCUT2D eigenvalue weighted by atomic mass is 10.1. The lowest BCUT2D eigenvalue weighted by Gasteiger charge is -2.22. The summed E-state index contributed by atoms with van der Waals surface area (Å²) in [5.74, 6) is -0.717. The van der Waals surface area contributed by atoms with Gasteiger partial charge in [-0.05, 0) is 18.1 Å². The van der Waals surface area contributed by atoms with Crippen LogP contribution in [0.15, 0.2) is 18.2 Å². The van der Waals surface area contributed by atoms with Crippen LogP contribution in [0.2, 0.25) is 0 Å². The lowest BCUT2D eigenvalue weighted by molar-refractivity contribution is -0.384. The Kier molecular flexibility index (Phi) is 4.86. The second kappa shape index (κ2) is 6.17. The van der Waals surface area contributed by atoms with Gasteiger partial charge in [-0.3, -0.25) is 10.1 Å². The molecule has 104 valence electrons. The van der Waals surface area contributed by atoms with Gasteiger partial charge in [-0.25, -0.2) is 4.79 Å². The summed E-state index contributed by atoms with van der Waals surface area (Å²) in [5.41, 5.74) is 0.317. The van der Waals surface area contributed by atoms with Crippen LogP contribution in [0, 0.1) is 16.0 Å². The van der Waals surface area contributed by atoms with Gasteiger partial charge in [0, 0.05) is 19.7 Å². The van der Waals surface area contributed by atoms with Crippen molar-refractivity contribution in [1.82, 2.24) is 0 Å². The van der Waals surface area contributed by atoms with E-state index in [0.29, 0.717) is 18.2 Å². The second-order valence-corrected chi connectivity index (χ2v) is 4.66. The number of hydrogen-bond acceptors (Lipinski definition) is 4. The molecule has 1 unspecified atom stereocenters. The van der Waals surface area contributed by atoms with Crippen molar-refractivity contribution in [3.05, 3.63) is 33.9 Å². The standard InChI is InChI=1S/C13H18N2O4/c1-4-9(2)8-14(3)12-7-10(13(16)17)5-6-11(12)15(18)19/h5-7,9H,4,8H2,1-3H3,(H,16,17). The van der Waals surface area contributed by atoms with Crippen LogP contribution in [-0.4, -0.2) is 29.6 Å². The van der Waals surface area contributed by atoms with Crippen molar-refractivity contribution in [2.45, 2.75) is 20.3 Å². The zero-order valence-corrected chi connectivity index (χ0v) is 11.3. The molecule has 6 heteroatoms. The molecule has 0 fully saturated rings. The van der Waals surface area contributed by atoms with E-state index in [1.807, 2.05) is 13.8 Å². The van der Waals surface area contributed by atoms with Crippen molar-refractivity contribution in [3.8, 4) is 0 Å². The predicted molar refractivity (Wildman–Crippen MR) is 72.8 cm³/mol. The number of aromatic carboxylic acids is 1. The highest BCUT2D eigenvalue weighted by molar-refractivity contribution is 5.90. The molecule has 1 aromatic carbocycles. The van der Waals surface area contributed by atoms with Gasteiger partial charge in [-0.2, -0.15) is 0 Å². The van der Waals surface area contributed by atoms with E-state index >= 15 is 0 Å². The Hall–Kier alpha value is -2.11. The van der Waals surface area contributed by atoms with Gasteiger partial charge in [-0.1, -0.05) is 20.3 Å². The topological polar surface area (TPSA) is 83.7 Å². The lowest BCUT2D eigenvalue weighted by Crippen LogP contribution is -2.24. The molecule has 0 aliphatic carbocycles. The van der Waals surface area contributed by atoms with Crippen molar-refractivity contribution in [1.29, 1.82) is 0 Å². The summed E-state index contributed by atoms with van der Waals surface area (Å²) in [6.45, 7) is 4.73. The summed E-state index contributed by atoms with van der Waals surface area (Å²) in [6, 6.07) is 3.84. The number of carboxylic acids is 1. The summed E-state index contributed by atoms with van der Waals surface area (Å²) < 4.78 is 0. The fourth-order valence-corrected chi connectivity index (χ4v) is 1.81. The Morgan fingerprint density at radius 2 is 2.16 bits per heavy atom. The first-order chi connectivity index (χ1) is 8.86. The van der Waals surface area contributed by atoms with Gasteiger partial charge in [0.25, 0.3) is 5.69 Å². The Labute approximate surface area is 111 Å². The highest BCUT2D eigenvalue weighted by atomic mass is 16.6. The van der Waals surface area contributed by atoms with Gasteiger partial charge in [0.05, 0.1) is 10.5 Å². The summed E-state index contributed by atoms with van der Waals surface area (Å²) in [4.78, 5) is 23.2. The van der Waals surface area contributed by atoms with E-state index in [2.05, 4.69) is 0 Å². The van der Waals surface area contributed by atoms with Crippen molar-refractivity contribution in [2.75, 3.05) is 18.5 Å². The Morgan fingerprint density at radius 1 is 1.53 bits per heavy atom. The molecule has 0 heterocycles. The molecule has 1 rings (SSSR count). The Balaban J connectivity index is 3.16. The molecule has 1 N–H and O–H groups in total. The number of anilines is 1. The first-order valence-electron chi connectivity index (χ1n) is 6.09. The number of nitro groups is 1. The molecule has 0 aliphatic heterocycles. The smallest absolute Gasteiger partial charge is 0.335 e. The van der Waals surface area contributed by atoms with Crippen LogP contribution in [-0.2, 0) is 0 Å². The Bertz CT molecular complexity index is 488. The molecule has 0 aliphatic rings. The van der Waals surface area contributed by atoms with Gasteiger partial charge < -0.3 is 10.0 Å². The van der Waals surface area contributed by atoms with E-state index < -0.39 is 10.9 Å². The quantitative estimate of drug-likeness (QED) is 0.632. The van der Waals surface area contributed by atoms with E-state index in [-0.39, 0.29) is 11.3 Å². The molecule has 0 saturated heterocycles. The third-order valence-corrected chi connectivity index (χ3v) is 3.11. The number of carbonyl (C=O) groups is 1. The SMILES string of the molecule is CCC(C)CN(C)c1cc(C(=O)O)ccc1[N+](=O)[O-]. The average molecular weight is 266 g/mol. The van der Waals surface area contributed by atoms with Crippen LogP contribution < -0.4 is 4.90 Å². The summed E-state index contributed by atoms with van der Waals surface area (Å²) in [5, 5.41) is 20.0. The maximum Gasteiger partial charge on any atom is 0.335 e. The van der Waals surface area contributed by atoms with Crippen LogP contribution >= 0.6 is 0 Å². The van der Waals surface area contributed by atoms with Crippen LogP contribution in [0.3, 0.4) is 0 Å². The van der Waals surface area contributed by atoms with Gasteiger partial charge >= 0.3 is 5.97 Å². The van der Waals surface area contributed by atoms with Gasteiger partial charge in [0.1, 0.15) is 5.69 Å². The van der Waals surface area contributed by atoms with Crippen LogP contribution in [0.1, 0.15) is 30.6 Å². The summed E-state index contributed by atoms with van der Waals surface area (Å²) in [6.07, 6.45) is 0.955. The molecular formula is C13H18N2O4. The van der Waals surface area contributed by atoms with E-state index in [9.17, 15) is 14.9 Å². The van der Waals surface area contributed by atoms with Gasteiger partial charge in [0.2, 0.25) is 0 Å². The van der Waals surface area contributed by atoms with Crippen LogP contribution in [0.5, 0.6) is 0 Å². The predicted octanol–water partition coefficient (Wildman–Crippen LogP) is 2.78. The largest absolute Gasteiger partial charge is 0.478 e. The zero-order chi connectivity index (χ0) is 14.6. The number of hydrogen-bond donors (Lipinski definition) is 1. The molecule has 19 heavy (non-hydrogen) atoms. The number of nitrogens with zero attached hydrogens (tertiary/aromatic N) is 2. The normalized spacial score (nSPS) is 11.9. The van der Waals surface area contributed by atoms with Crippen molar-refractivity contribution < 1.29 is 14.8 Å². The molecule has 0 bridgehead atoms. The fourth-order valence-electron chi connectivity index (χ4n) is 1.81. The minimum atomic E-state index is -1.09. The first-order valence-corrected chi connectivity index (χ1v) is 6.09. The van der Waals surface area contributed by atoms with E-state index in [4.69, 9.17) is 5.11 Å². The first kappa shape index (κ1) is 14.9. The molecule has 0 saturated carbocycles. The van der Waals surface area contributed by atoms with Gasteiger partial charge in [0.15, 0.2) is 0 Å². The van der Waals surface area contributed by atoms with Crippen molar-refractivity contribution in [3.63, 3.8) is 0 Å². The van der Waals surface area contributed by atoms with E-state index in [1.54, 1.807) is 11.9 Å². The summed E-state index contributed by atoms with van der Waals surface area (Å²) in [7, 11) is 1.74. The molecule has 6 nitrogen and oxygen atoms in total. The molecule has 1 atom stereocenters. The monoisotopic (exact) mass is 266 g/mol. The fraction of sp³-hybridized carbons (Fsp3) is 0.462. The average Bonchev–Trinajstić information content (AvgIpc) is 2.37. The molecule has 0 spiro atoms. The van der Waals surface area contributed by atoms with Crippen LogP contribution in [0.25, 0.3) is 0 Å². The minimum Gasteiger partial charge on any atom is -0.478 e. The molecule has 0 radical (unpaired) electrons. The summed E-state index contributed by atoms with van der Waals surface area (Å²) >= 11 is 0. The molecule has 0 amide bonds. The third-order valence-electron chi connectivity index (χ3n) is 3.11. The number of benzene rings is 1. The minimum absolute atomic E-state index is 0.0524. The Morgan fingerprint density at radius 3 is 2.63 bits per heavy atom. The number of rotatable bonds is 6. The third kappa shape index (κ3) is 3.67. The number of nitro benzene ring substituents is 1. The van der Waals surface area contributed by atoms with E-state index in [1.165, 1.54) is 18.2 Å². The van der Waals surface area contributed by atoms with Crippen molar-refractivity contribution in [2.24, 2.45) is 5.92 Å². The van der Waals surface area contributed by atoms with E-state index in [0.717, 1.165) is 6.42 Å². The maximum atomic E-state index is 11.0. The maximum absolute atomic E-state index is 11.0. The molecular weight excluding hydrogens is 248 g/mol. The second-order valence-electron chi connectivity index (χ2n) is 4.66. The molecule has 0 aromatic heterocycles. The zero-order valence-electron chi connectivity index (χ0n) is 11.3. The van der Waals surface area contributed by atoms with Crippen LogP contribution in [0.4, 0.5) is 11.4 Å².